The van der Waals surface area contributed by atoms with Crippen LogP contribution in [-0.4, -0.2) is 69.7 Å². The van der Waals surface area contributed by atoms with E-state index in [9.17, 15) is 4.79 Å². The number of fused-ring (bicyclic) bond motifs is 1. The number of benzene rings is 1. The van der Waals surface area contributed by atoms with Gasteiger partial charge in [-0.25, -0.2) is 0 Å². The molecule has 0 unspecified atom stereocenters. The predicted octanol–water partition coefficient (Wildman–Crippen LogP) is 1.30. The number of nitrogens with two attached hydrogens (primary N) is 2. The summed E-state index contributed by atoms with van der Waals surface area (Å²) in [6.07, 6.45) is 1.60. The number of hydrogen-bond acceptors (Lipinski definition) is 9. The molecule has 11 nitrogen and oxygen atoms in total. The molecule has 0 radical (unpaired) electrons. The van der Waals surface area contributed by atoms with E-state index in [4.69, 9.17) is 15.9 Å². The van der Waals surface area contributed by atoms with Gasteiger partial charge in [-0.2, -0.15) is 19.6 Å². The molecule has 3 aromatic heterocycles. The van der Waals surface area contributed by atoms with Crippen LogP contribution in [-0.2, 0) is 0 Å². The van der Waals surface area contributed by atoms with Crippen molar-refractivity contribution in [1.82, 2.24) is 24.5 Å². The maximum atomic E-state index is 11.2. The average Bonchev–Trinajstić information content (AvgIpc) is 3.50. The lowest BCUT2D eigenvalue weighted by molar-refractivity contribution is 0.100. The standard InChI is InChI=1S/C22H25N9O2/c23-20(32)15-3-5-16(6-4-15)30-11-9-29(10-12-30)8-7-25-22-26-19-14-17(18-2-1-13-33-18)28-31(19)21(24)27-22/h1-6,13-14H,7-12H2,(H2,23,32)(H3,24,25,26,27). The Morgan fingerprint density at radius 3 is 2.58 bits per heavy atom. The molecule has 0 spiro atoms. The number of nitrogens with zero attached hydrogens (tertiary/aromatic N) is 6. The first-order valence-electron chi connectivity index (χ1n) is 10.7. The van der Waals surface area contributed by atoms with Gasteiger partial charge in [0.25, 0.3) is 0 Å². The fourth-order valence-electron chi connectivity index (χ4n) is 3.92. The lowest BCUT2D eigenvalue weighted by Gasteiger charge is -2.36. The fraction of sp³-hybridized carbons (Fsp3) is 0.273. The smallest absolute Gasteiger partial charge is 0.248 e. The number of anilines is 3. The van der Waals surface area contributed by atoms with Gasteiger partial charge in [-0.15, -0.1) is 0 Å². The summed E-state index contributed by atoms with van der Waals surface area (Å²) in [6, 6.07) is 12.9. The minimum atomic E-state index is -0.407. The minimum absolute atomic E-state index is 0.260. The number of nitrogen functional groups attached to an aromatic ring is 1. The number of furan rings is 1. The summed E-state index contributed by atoms with van der Waals surface area (Å²) in [6.45, 7) is 5.27. The van der Waals surface area contributed by atoms with Crippen LogP contribution in [0.15, 0.2) is 53.1 Å². The second kappa shape index (κ2) is 8.79. The average molecular weight is 448 g/mol. The first-order valence-corrected chi connectivity index (χ1v) is 10.7. The van der Waals surface area contributed by atoms with E-state index in [2.05, 4.69) is 30.2 Å². The number of rotatable bonds is 7. The van der Waals surface area contributed by atoms with Crippen molar-refractivity contribution in [3.63, 3.8) is 0 Å². The van der Waals surface area contributed by atoms with Crippen LogP contribution in [0.2, 0.25) is 0 Å². The lowest BCUT2D eigenvalue weighted by Crippen LogP contribution is -2.47. The van der Waals surface area contributed by atoms with Gasteiger partial charge in [0.1, 0.15) is 5.69 Å². The third-order valence-corrected chi connectivity index (χ3v) is 5.72. The van der Waals surface area contributed by atoms with Crippen LogP contribution in [0.5, 0.6) is 0 Å². The van der Waals surface area contributed by atoms with Gasteiger partial charge in [0.2, 0.25) is 17.8 Å². The number of hydrogen-bond donors (Lipinski definition) is 3. The molecule has 4 aromatic rings. The molecular weight excluding hydrogens is 422 g/mol. The van der Waals surface area contributed by atoms with Crippen molar-refractivity contribution in [2.75, 3.05) is 55.2 Å². The molecule has 170 valence electrons. The third kappa shape index (κ3) is 4.44. The van der Waals surface area contributed by atoms with Gasteiger partial charge in [0, 0.05) is 56.6 Å². The van der Waals surface area contributed by atoms with Crippen molar-refractivity contribution in [3.8, 4) is 11.5 Å². The van der Waals surface area contributed by atoms with Crippen LogP contribution in [0.25, 0.3) is 17.1 Å². The SMILES string of the molecule is NC(=O)c1ccc(N2CCN(CCNc3nc(N)n4nc(-c5ccco5)cc4n3)CC2)cc1. The molecule has 1 aliphatic heterocycles. The van der Waals surface area contributed by atoms with E-state index in [1.54, 1.807) is 24.5 Å². The maximum absolute atomic E-state index is 11.2. The summed E-state index contributed by atoms with van der Waals surface area (Å²) in [5.41, 5.74) is 14.3. The van der Waals surface area contributed by atoms with Gasteiger partial charge < -0.3 is 26.1 Å². The van der Waals surface area contributed by atoms with Crippen LogP contribution >= 0.6 is 0 Å². The highest BCUT2D eigenvalue weighted by atomic mass is 16.3. The minimum Gasteiger partial charge on any atom is -0.463 e. The molecule has 5 N–H and O–H groups in total. The van der Waals surface area contributed by atoms with Crippen molar-refractivity contribution in [2.45, 2.75) is 0 Å². The molecule has 11 heteroatoms. The molecule has 1 fully saturated rings. The predicted molar refractivity (Wildman–Crippen MR) is 125 cm³/mol. The van der Waals surface area contributed by atoms with E-state index in [-0.39, 0.29) is 5.95 Å². The van der Waals surface area contributed by atoms with E-state index in [1.165, 1.54) is 4.52 Å². The molecule has 0 saturated carbocycles. The Bertz CT molecular complexity index is 1240. The summed E-state index contributed by atoms with van der Waals surface area (Å²) in [4.78, 5) is 24.8. The lowest BCUT2D eigenvalue weighted by atomic mass is 10.1. The Hall–Kier alpha value is -4.12. The number of aromatic nitrogens is 4. The van der Waals surface area contributed by atoms with Gasteiger partial charge in [0.15, 0.2) is 11.4 Å². The number of carbonyl (C=O) groups is 1. The largest absolute Gasteiger partial charge is 0.463 e. The highest BCUT2D eigenvalue weighted by Gasteiger charge is 2.17. The van der Waals surface area contributed by atoms with E-state index < -0.39 is 5.91 Å². The molecule has 0 atom stereocenters. The molecule has 1 aliphatic rings. The van der Waals surface area contributed by atoms with E-state index >= 15 is 0 Å². The quantitative estimate of drug-likeness (QED) is 0.382. The molecule has 5 rings (SSSR count). The van der Waals surface area contributed by atoms with E-state index in [0.29, 0.717) is 35.2 Å². The summed E-state index contributed by atoms with van der Waals surface area (Å²) < 4.78 is 6.89. The highest BCUT2D eigenvalue weighted by molar-refractivity contribution is 5.93. The molecule has 1 amide bonds. The van der Waals surface area contributed by atoms with Gasteiger partial charge in [0.05, 0.1) is 6.26 Å². The van der Waals surface area contributed by atoms with Gasteiger partial charge in [-0.1, -0.05) is 0 Å². The van der Waals surface area contributed by atoms with Gasteiger partial charge >= 0.3 is 0 Å². The summed E-state index contributed by atoms with van der Waals surface area (Å²) >= 11 is 0. The van der Waals surface area contributed by atoms with E-state index in [1.807, 2.05) is 24.3 Å². The monoisotopic (exact) mass is 447 g/mol. The highest BCUT2D eigenvalue weighted by Crippen LogP contribution is 2.21. The zero-order chi connectivity index (χ0) is 22.8. The van der Waals surface area contributed by atoms with Crippen LogP contribution < -0.4 is 21.7 Å². The Morgan fingerprint density at radius 2 is 1.88 bits per heavy atom. The summed E-state index contributed by atoms with van der Waals surface area (Å²) in [5.74, 6) is 0.975. The van der Waals surface area contributed by atoms with Crippen molar-refractivity contribution >= 4 is 29.1 Å². The van der Waals surface area contributed by atoms with Crippen LogP contribution in [0.1, 0.15) is 10.4 Å². The Morgan fingerprint density at radius 1 is 1.09 bits per heavy atom. The number of nitrogens with one attached hydrogen (secondary N) is 1. The summed E-state index contributed by atoms with van der Waals surface area (Å²) in [7, 11) is 0. The third-order valence-electron chi connectivity index (χ3n) is 5.72. The van der Waals surface area contributed by atoms with Gasteiger partial charge in [-0.3, -0.25) is 9.69 Å². The van der Waals surface area contributed by atoms with Crippen LogP contribution in [0.4, 0.5) is 17.6 Å². The van der Waals surface area contributed by atoms with Crippen molar-refractivity contribution in [1.29, 1.82) is 0 Å². The summed E-state index contributed by atoms with van der Waals surface area (Å²) in [5, 5.41) is 7.67. The van der Waals surface area contributed by atoms with E-state index in [0.717, 1.165) is 38.4 Å². The molecule has 4 heterocycles. The zero-order valence-corrected chi connectivity index (χ0v) is 18.0. The Kier molecular flexibility index (Phi) is 5.53. The number of amides is 1. The van der Waals surface area contributed by atoms with Crippen molar-refractivity contribution in [3.05, 3.63) is 54.3 Å². The Balaban J connectivity index is 1.14. The first kappa shape index (κ1) is 20.8. The Labute approximate surface area is 190 Å². The topological polar surface area (TPSA) is 144 Å². The molecule has 0 aliphatic carbocycles. The normalized spacial score (nSPS) is 14.6. The number of primary amides is 1. The second-order valence-corrected chi connectivity index (χ2v) is 7.85. The van der Waals surface area contributed by atoms with Crippen LogP contribution in [0.3, 0.4) is 0 Å². The first-order chi connectivity index (χ1) is 16.1. The van der Waals surface area contributed by atoms with Crippen molar-refractivity contribution < 1.29 is 9.21 Å². The molecule has 33 heavy (non-hydrogen) atoms. The van der Waals surface area contributed by atoms with Crippen molar-refractivity contribution in [2.24, 2.45) is 5.73 Å². The molecule has 1 aromatic carbocycles. The fourth-order valence-corrected chi connectivity index (χ4v) is 3.92. The van der Waals surface area contributed by atoms with Gasteiger partial charge in [-0.05, 0) is 36.4 Å². The molecular formula is C22H25N9O2. The van der Waals surface area contributed by atoms with Crippen LogP contribution in [0, 0.1) is 0 Å². The zero-order valence-electron chi connectivity index (χ0n) is 18.0. The number of carbonyl (C=O) groups excluding carboxylic acids is 1. The molecule has 1 saturated heterocycles. The number of piperazine rings is 1. The molecule has 0 bridgehead atoms. The maximum Gasteiger partial charge on any atom is 0.248 e. The second-order valence-electron chi connectivity index (χ2n) is 7.85.